The molecule has 2 aromatic rings. The third kappa shape index (κ3) is 1.10. The molecule has 3 rings (SSSR count). The van der Waals surface area contributed by atoms with E-state index in [1.54, 1.807) is 0 Å². The second-order valence-electron chi connectivity index (χ2n) is 4.19. The molecule has 1 nitrogen and oxygen atoms in total. The van der Waals surface area contributed by atoms with Crippen LogP contribution in [-0.4, -0.2) is 0 Å². The zero-order valence-corrected chi connectivity index (χ0v) is 9.12. The minimum absolute atomic E-state index is 0.799. The molecule has 0 bridgehead atoms. The lowest BCUT2D eigenvalue weighted by Crippen LogP contribution is -1.84. The van der Waals surface area contributed by atoms with E-state index < -0.39 is 0 Å². The summed E-state index contributed by atoms with van der Waals surface area (Å²) in [6, 6.07) is 12.4. The van der Waals surface area contributed by atoms with E-state index in [4.69, 9.17) is 6.57 Å². The highest BCUT2D eigenvalue weighted by atomic mass is 14.6. The van der Waals surface area contributed by atoms with Crippen LogP contribution in [0.25, 0.3) is 16.0 Å². The Balaban J connectivity index is 2.33. The quantitative estimate of drug-likeness (QED) is 0.486. The summed E-state index contributed by atoms with van der Waals surface area (Å²) in [5.41, 5.74) is 7.25. The zero-order chi connectivity index (χ0) is 11.1. The molecular weight excluding hydrogens is 194 g/mol. The summed E-state index contributed by atoms with van der Waals surface area (Å²) in [5, 5.41) is 0. The Hall–Kier alpha value is -2.07. The highest BCUT2D eigenvalue weighted by Crippen LogP contribution is 2.42. The largest absolute Gasteiger partial charge is 0.238 e. The summed E-state index contributed by atoms with van der Waals surface area (Å²) in [7, 11) is 0. The van der Waals surface area contributed by atoms with E-state index >= 15 is 0 Å². The van der Waals surface area contributed by atoms with Crippen LogP contribution in [0.1, 0.15) is 16.7 Å². The molecule has 1 aliphatic carbocycles. The maximum atomic E-state index is 7.20. The Morgan fingerprint density at radius 1 is 1.00 bits per heavy atom. The van der Waals surface area contributed by atoms with Crippen molar-refractivity contribution in [2.75, 3.05) is 0 Å². The summed E-state index contributed by atoms with van der Waals surface area (Å²) >= 11 is 0. The van der Waals surface area contributed by atoms with Gasteiger partial charge in [0.1, 0.15) is 0 Å². The van der Waals surface area contributed by atoms with Gasteiger partial charge in [-0.2, -0.15) is 0 Å². The van der Waals surface area contributed by atoms with Gasteiger partial charge in [0.05, 0.1) is 6.57 Å². The molecule has 16 heavy (non-hydrogen) atoms. The van der Waals surface area contributed by atoms with E-state index in [9.17, 15) is 0 Å². The monoisotopic (exact) mass is 205 g/mol. The average molecular weight is 205 g/mol. The molecule has 0 radical (unpaired) electrons. The summed E-state index contributed by atoms with van der Waals surface area (Å²) < 4.78 is 0. The lowest BCUT2D eigenvalue weighted by Gasteiger charge is -2.02. The molecule has 1 heteroatoms. The maximum absolute atomic E-state index is 7.20. The fourth-order valence-corrected chi connectivity index (χ4v) is 2.48. The van der Waals surface area contributed by atoms with Crippen LogP contribution in [0.5, 0.6) is 0 Å². The van der Waals surface area contributed by atoms with Crippen LogP contribution in [0.4, 0.5) is 5.69 Å². The van der Waals surface area contributed by atoms with Crippen LogP contribution in [0.3, 0.4) is 0 Å². The number of aryl methyl sites for hydroxylation is 1. The van der Waals surface area contributed by atoms with Gasteiger partial charge in [0.2, 0.25) is 0 Å². The Labute approximate surface area is 95.2 Å². The van der Waals surface area contributed by atoms with Crippen molar-refractivity contribution in [2.45, 2.75) is 13.3 Å². The van der Waals surface area contributed by atoms with E-state index in [-0.39, 0.29) is 0 Å². The predicted molar refractivity (Wildman–Crippen MR) is 65.7 cm³/mol. The molecule has 0 aliphatic heterocycles. The Morgan fingerprint density at radius 2 is 1.69 bits per heavy atom. The number of rotatable bonds is 0. The smallest absolute Gasteiger partial charge is 0.191 e. The fraction of sp³-hybridized carbons (Fsp3) is 0.133. The molecule has 0 atom stereocenters. The molecule has 0 spiro atoms. The summed E-state index contributed by atoms with van der Waals surface area (Å²) in [6.07, 6.45) is 0.913. The maximum Gasteiger partial charge on any atom is 0.191 e. The Morgan fingerprint density at radius 3 is 2.44 bits per heavy atom. The minimum Gasteiger partial charge on any atom is -0.238 e. The number of nitrogens with zero attached hydrogens (tertiary/aromatic N) is 1. The topological polar surface area (TPSA) is 4.36 Å². The summed E-state index contributed by atoms with van der Waals surface area (Å²) in [4.78, 5) is 3.60. The van der Waals surface area contributed by atoms with E-state index in [0.29, 0.717) is 0 Å². The molecule has 0 N–H and O–H groups in total. The summed E-state index contributed by atoms with van der Waals surface area (Å²) in [6.45, 7) is 9.34. The van der Waals surface area contributed by atoms with Crippen LogP contribution in [0.2, 0.25) is 0 Å². The van der Waals surface area contributed by atoms with Crippen molar-refractivity contribution in [1.82, 2.24) is 0 Å². The highest BCUT2D eigenvalue weighted by Gasteiger charge is 2.21. The molecular formula is C15H11N. The standard InChI is InChI=1S/C15H11N/c1-10-5-3-6-11-12-7-4-8-15(16-2)14(12)9-13(10)11/h3-8H,9H2,1H3. The summed E-state index contributed by atoms with van der Waals surface area (Å²) in [5.74, 6) is 0. The van der Waals surface area contributed by atoms with Crippen LogP contribution in [0.15, 0.2) is 36.4 Å². The van der Waals surface area contributed by atoms with Gasteiger partial charge in [0.25, 0.3) is 0 Å². The zero-order valence-electron chi connectivity index (χ0n) is 9.12. The molecule has 0 saturated carbocycles. The number of hydrogen-bond donors (Lipinski definition) is 0. The molecule has 0 fully saturated rings. The molecule has 0 heterocycles. The number of benzene rings is 2. The van der Waals surface area contributed by atoms with Crippen molar-refractivity contribution in [1.29, 1.82) is 0 Å². The van der Waals surface area contributed by atoms with Gasteiger partial charge in [-0.25, -0.2) is 4.85 Å². The molecule has 0 aromatic heterocycles. The second-order valence-corrected chi connectivity index (χ2v) is 4.19. The van der Waals surface area contributed by atoms with Gasteiger partial charge in [0.15, 0.2) is 5.69 Å². The van der Waals surface area contributed by atoms with Gasteiger partial charge in [-0.1, -0.05) is 36.4 Å². The second kappa shape index (κ2) is 3.21. The van der Waals surface area contributed by atoms with Crippen LogP contribution >= 0.6 is 0 Å². The van der Waals surface area contributed by atoms with Crippen molar-refractivity contribution in [3.8, 4) is 11.1 Å². The average Bonchev–Trinajstić information content (AvgIpc) is 2.69. The van der Waals surface area contributed by atoms with Gasteiger partial charge in [0, 0.05) is 0 Å². The lowest BCUT2D eigenvalue weighted by atomic mass is 10.0. The number of fused-ring (bicyclic) bond motifs is 3. The molecule has 1 aliphatic rings. The van der Waals surface area contributed by atoms with E-state index in [1.807, 2.05) is 12.1 Å². The predicted octanol–water partition coefficient (Wildman–Crippen LogP) is 4.12. The van der Waals surface area contributed by atoms with E-state index in [0.717, 1.165) is 12.1 Å². The Bertz CT molecular complexity index is 618. The van der Waals surface area contributed by atoms with E-state index in [2.05, 4.69) is 36.0 Å². The third-order valence-corrected chi connectivity index (χ3v) is 3.33. The fourth-order valence-electron chi connectivity index (χ4n) is 2.48. The van der Waals surface area contributed by atoms with Gasteiger partial charge >= 0.3 is 0 Å². The first kappa shape index (κ1) is 9.18. The van der Waals surface area contributed by atoms with Crippen molar-refractivity contribution in [3.05, 3.63) is 64.5 Å². The normalized spacial score (nSPS) is 11.8. The Kier molecular flexibility index (Phi) is 1.84. The van der Waals surface area contributed by atoms with Crippen molar-refractivity contribution < 1.29 is 0 Å². The molecule has 76 valence electrons. The SMILES string of the molecule is [C-]#[N+]c1cccc2c1Cc1c(C)cccc1-2. The van der Waals surface area contributed by atoms with Crippen molar-refractivity contribution >= 4 is 5.69 Å². The van der Waals surface area contributed by atoms with Gasteiger partial charge in [-0.05, 0) is 41.2 Å². The van der Waals surface area contributed by atoms with Crippen LogP contribution in [0, 0.1) is 13.5 Å². The van der Waals surface area contributed by atoms with Crippen LogP contribution in [-0.2, 0) is 6.42 Å². The van der Waals surface area contributed by atoms with Crippen molar-refractivity contribution in [3.63, 3.8) is 0 Å². The minimum atomic E-state index is 0.799. The van der Waals surface area contributed by atoms with Gasteiger partial charge < -0.3 is 0 Å². The van der Waals surface area contributed by atoms with Gasteiger partial charge in [-0.15, -0.1) is 0 Å². The molecule has 2 aromatic carbocycles. The number of hydrogen-bond acceptors (Lipinski definition) is 0. The third-order valence-electron chi connectivity index (χ3n) is 3.33. The first-order valence-corrected chi connectivity index (χ1v) is 5.39. The lowest BCUT2D eigenvalue weighted by molar-refractivity contribution is 1.22. The van der Waals surface area contributed by atoms with Gasteiger partial charge in [-0.3, -0.25) is 0 Å². The van der Waals surface area contributed by atoms with Crippen LogP contribution < -0.4 is 0 Å². The molecule has 0 saturated heterocycles. The van der Waals surface area contributed by atoms with E-state index in [1.165, 1.54) is 27.8 Å². The molecule has 0 amide bonds. The molecule has 0 unspecified atom stereocenters. The first-order chi connectivity index (χ1) is 7.81. The van der Waals surface area contributed by atoms with Crippen molar-refractivity contribution in [2.24, 2.45) is 0 Å². The highest BCUT2D eigenvalue weighted by molar-refractivity contribution is 5.83. The first-order valence-electron chi connectivity index (χ1n) is 5.39.